The third-order valence-electron chi connectivity index (χ3n) is 7.21. The number of nitrogens with zero attached hydrogens (tertiary/aromatic N) is 3. The Morgan fingerprint density at radius 3 is 2.31 bits per heavy atom. The van der Waals surface area contributed by atoms with Crippen molar-refractivity contribution in [1.82, 2.24) is 14.7 Å². The van der Waals surface area contributed by atoms with E-state index in [1.165, 1.54) is 30.4 Å². The van der Waals surface area contributed by atoms with Crippen molar-refractivity contribution in [1.29, 1.82) is 0 Å². The maximum atomic E-state index is 13.0. The van der Waals surface area contributed by atoms with E-state index in [1.54, 1.807) is 0 Å². The van der Waals surface area contributed by atoms with Gasteiger partial charge < -0.3 is 14.7 Å². The highest BCUT2D eigenvalue weighted by atomic mass is 16.2. The number of fused-ring (bicyclic) bond motifs is 1. The molecule has 5 nitrogen and oxygen atoms in total. The summed E-state index contributed by atoms with van der Waals surface area (Å²) in [5, 5.41) is 0. The molecule has 3 aliphatic rings. The first-order valence-corrected chi connectivity index (χ1v) is 11.4. The van der Waals surface area contributed by atoms with Crippen LogP contribution in [0.2, 0.25) is 0 Å². The van der Waals surface area contributed by atoms with Gasteiger partial charge in [-0.1, -0.05) is 25.3 Å². The number of rotatable bonds is 3. The Labute approximate surface area is 175 Å². The Hall–Kier alpha value is -1.88. The van der Waals surface area contributed by atoms with Crippen molar-refractivity contribution < 1.29 is 9.59 Å². The summed E-state index contributed by atoms with van der Waals surface area (Å²) < 4.78 is 0. The first kappa shape index (κ1) is 20.4. The zero-order chi connectivity index (χ0) is 20.4. The fourth-order valence-corrected chi connectivity index (χ4v) is 5.25. The van der Waals surface area contributed by atoms with E-state index in [-0.39, 0.29) is 11.8 Å². The van der Waals surface area contributed by atoms with E-state index in [2.05, 4.69) is 31.1 Å². The first-order chi connectivity index (χ1) is 14.0. The number of carbonyl (C=O) groups excluding carboxylic acids is 2. The van der Waals surface area contributed by atoms with Gasteiger partial charge in [-0.05, 0) is 69.5 Å². The molecular formula is C24H35N3O2. The van der Waals surface area contributed by atoms with Crippen molar-refractivity contribution in [2.45, 2.75) is 64.0 Å². The second-order valence-electron chi connectivity index (χ2n) is 9.32. The number of hydrogen-bond donors (Lipinski definition) is 0. The highest BCUT2D eigenvalue weighted by Gasteiger charge is 2.29. The molecule has 0 aromatic heterocycles. The predicted octanol–water partition coefficient (Wildman–Crippen LogP) is 3.32. The maximum absolute atomic E-state index is 13.0. The monoisotopic (exact) mass is 397 g/mol. The average Bonchev–Trinajstić information content (AvgIpc) is 2.78. The van der Waals surface area contributed by atoms with E-state index in [1.807, 2.05) is 15.9 Å². The molecule has 0 spiro atoms. The lowest BCUT2D eigenvalue weighted by Gasteiger charge is -2.35. The topological polar surface area (TPSA) is 43.9 Å². The van der Waals surface area contributed by atoms with Crippen molar-refractivity contribution in [3.05, 3.63) is 34.9 Å². The van der Waals surface area contributed by atoms with Crippen LogP contribution in [0.5, 0.6) is 0 Å². The van der Waals surface area contributed by atoms with Gasteiger partial charge in [-0.25, -0.2) is 0 Å². The normalized spacial score (nSPS) is 21.3. The molecular weight excluding hydrogens is 362 g/mol. The molecule has 0 atom stereocenters. The number of amides is 2. The summed E-state index contributed by atoms with van der Waals surface area (Å²) in [6, 6.07) is 6.71. The number of benzene rings is 1. The van der Waals surface area contributed by atoms with Crippen LogP contribution in [0.1, 0.15) is 66.4 Å². The number of hydrogen-bond acceptors (Lipinski definition) is 3. The van der Waals surface area contributed by atoms with E-state index in [0.29, 0.717) is 18.5 Å². The van der Waals surface area contributed by atoms with Crippen molar-refractivity contribution >= 4 is 11.8 Å². The standard InChI is InChI=1S/C24H35N3O2/c1-25(2)22-11-14-26(15-12-22)24(29)20-8-9-21-17-27(13-10-19(21)16-20)23(28)18-6-4-3-5-7-18/h8-9,16,18,22H,3-7,10-15,17H2,1-2H3. The van der Waals surface area contributed by atoms with Gasteiger partial charge in [0.25, 0.3) is 5.91 Å². The summed E-state index contributed by atoms with van der Waals surface area (Å²) in [4.78, 5) is 32.2. The maximum Gasteiger partial charge on any atom is 0.253 e. The van der Waals surface area contributed by atoms with Gasteiger partial charge in [-0.3, -0.25) is 9.59 Å². The Kier molecular flexibility index (Phi) is 6.23. The van der Waals surface area contributed by atoms with Crippen LogP contribution in [0.4, 0.5) is 0 Å². The first-order valence-electron chi connectivity index (χ1n) is 11.4. The molecule has 1 saturated heterocycles. The van der Waals surface area contributed by atoms with Gasteiger partial charge in [-0.2, -0.15) is 0 Å². The molecule has 2 heterocycles. The smallest absolute Gasteiger partial charge is 0.253 e. The molecule has 1 aromatic rings. The van der Waals surface area contributed by atoms with Crippen molar-refractivity contribution in [3.63, 3.8) is 0 Å². The number of piperidine rings is 1. The summed E-state index contributed by atoms with van der Waals surface area (Å²) in [7, 11) is 4.24. The molecule has 0 N–H and O–H groups in total. The highest BCUT2D eigenvalue weighted by Crippen LogP contribution is 2.28. The van der Waals surface area contributed by atoms with Crippen LogP contribution in [0.15, 0.2) is 18.2 Å². The summed E-state index contributed by atoms with van der Waals surface area (Å²) in [6.07, 6.45) is 8.72. The molecule has 5 heteroatoms. The zero-order valence-electron chi connectivity index (χ0n) is 18.0. The van der Waals surface area contributed by atoms with Gasteiger partial charge in [0, 0.05) is 43.7 Å². The van der Waals surface area contributed by atoms with Crippen LogP contribution in [-0.4, -0.2) is 66.3 Å². The Morgan fingerprint density at radius 2 is 1.62 bits per heavy atom. The number of carbonyl (C=O) groups is 2. The second kappa shape index (κ2) is 8.86. The van der Waals surface area contributed by atoms with Crippen LogP contribution in [0, 0.1) is 5.92 Å². The minimum atomic E-state index is 0.158. The third-order valence-corrected chi connectivity index (χ3v) is 7.21. The molecule has 4 rings (SSSR count). The van der Waals surface area contributed by atoms with Crippen molar-refractivity contribution in [3.8, 4) is 0 Å². The number of likely N-dealkylation sites (tertiary alicyclic amines) is 1. The quantitative estimate of drug-likeness (QED) is 0.786. The van der Waals surface area contributed by atoms with E-state index >= 15 is 0 Å². The summed E-state index contributed by atoms with van der Waals surface area (Å²) >= 11 is 0. The Morgan fingerprint density at radius 1 is 0.897 bits per heavy atom. The fourth-order valence-electron chi connectivity index (χ4n) is 5.25. The van der Waals surface area contributed by atoms with Crippen LogP contribution in [-0.2, 0) is 17.8 Å². The molecule has 0 bridgehead atoms. The SMILES string of the molecule is CN(C)C1CCN(C(=O)c2ccc3c(c2)CCN(C(=O)C2CCCCC2)C3)CC1. The van der Waals surface area contributed by atoms with Crippen LogP contribution >= 0.6 is 0 Å². The van der Waals surface area contributed by atoms with Gasteiger partial charge in [0.1, 0.15) is 0 Å². The van der Waals surface area contributed by atoms with E-state index < -0.39 is 0 Å². The molecule has 0 unspecified atom stereocenters. The van der Waals surface area contributed by atoms with Gasteiger partial charge in [0.15, 0.2) is 0 Å². The molecule has 158 valence electrons. The lowest BCUT2D eigenvalue weighted by Crippen LogP contribution is -2.44. The second-order valence-corrected chi connectivity index (χ2v) is 9.32. The molecule has 1 aromatic carbocycles. The molecule has 1 aliphatic carbocycles. The van der Waals surface area contributed by atoms with Gasteiger partial charge in [0.05, 0.1) is 0 Å². The van der Waals surface area contributed by atoms with Crippen LogP contribution < -0.4 is 0 Å². The summed E-state index contributed by atoms with van der Waals surface area (Å²) in [5.74, 6) is 0.737. The third kappa shape index (κ3) is 4.50. The Bertz CT molecular complexity index is 746. The van der Waals surface area contributed by atoms with Crippen LogP contribution in [0.3, 0.4) is 0 Å². The lowest BCUT2D eigenvalue weighted by molar-refractivity contribution is -0.137. The van der Waals surface area contributed by atoms with Crippen molar-refractivity contribution in [2.75, 3.05) is 33.7 Å². The molecule has 1 saturated carbocycles. The molecule has 2 fully saturated rings. The minimum Gasteiger partial charge on any atom is -0.339 e. The van der Waals surface area contributed by atoms with E-state index in [9.17, 15) is 9.59 Å². The Balaban J connectivity index is 1.38. The minimum absolute atomic E-state index is 0.158. The summed E-state index contributed by atoms with van der Waals surface area (Å²) in [6.45, 7) is 3.16. The van der Waals surface area contributed by atoms with E-state index in [0.717, 1.165) is 57.3 Å². The fraction of sp³-hybridized carbons (Fsp3) is 0.667. The summed E-state index contributed by atoms with van der Waals surface area (Å²) in [5.41, 5.74) is 3.26. The predicted molar refractivity (Wildman–Crippen MR) is 115 cm³/mol. The lowest BCUT2D eigenvalue weighted by atomic mass is 9.87. The van der Waals surface area contributed by atoms with Crippen LogP contribution in [0.25, 0.3) is 0 Å². The van der Waals surface area contributed by atoms with Gasteiger partial charge in [-0.15, -0.1) is 0 Å². The van der Waals surface area contributed by atoms with Gasteiger partial charge in [0.2, 0.25) is 5.91 Å². The average molecular weight is 398 g/mol. The van der Waals surface area contributed by atoms with Crippen molar-refractivity contribution in [2.24, 2.45) is 5.92 Å². The van der Waals surface area contributed by atoms with Gasteiger partial charge >= 0.3 is 0 Å². The van der Waals surface area contributed by atoms with E-state index in [4.69, 9.17) is 0 Å². The molecule has 2 aliphatic heterocycles. The molecule has 0 radical (unpaired) electrons. The zero-order valence-corrected chi connectivity index (χ0v) is 18.0. The largest absolute Gasteiger partial charge is 0.339 e. The molecule has 2 amide bonds. The molecule has 29 heavy (non-hydrogen) atoms. The highest BCUT2D eigenvalue weighted by molar-refractivity contribution is 5.94.